The quantitative estimate of drug-likeness (QED) is 0.865. The number of benzene rings is 1. The van der Waals surface area contributed by atoms with Crippen LogP contribution in [0, 0.1) is 0 Å². The minimum atomic E-state index is -0.0483. The van der Waals surface area contributed by atoms with Crippen LogP contribution in [0.5, 0.6) is 0 Å². The van der Waals surface area contributed by atoms with E-state index in [0.29, 0.717) is 18.8 Å². The van der Waals surface area contributed by atoms with Gasteiger partial charge < -0.3 is 10.6 Å². The Morgan fingerprint density at radius 1 is 1.12 bits per heavy atom. The zero-order valence-corrected chi connectivity index (χ0v) is 14.1. The zero-order valence-electron chi connectivity index (χ0n) is 13.4. The molecule has 0 radical (unpaired) electrons. The number of carbonyl (C=O) groups excluding carboxylic acids is 1. The summed E-state index contributed by atoms with van der Waals surface area (Å²) in [5.41, 5.74) is 10.5. The van der Waals surface area contributed by atoms with Gasteiger partial charge in [0.1, 0.15) is 5.69 Å². The van der Waals surface area contributed by atoms with Crippen LogP contribution in [0.2, 0.25) is 5.02 Å². The molecule has 0 bridgehead atoms. The molecule has 2 N–H and O–H groups in total. The molecule has 124 valence electrons. The van der Waals surface area contributed by atoms with Gasteiger partial charge in [0.15, 0.2) is 0 Å². The molecule has 1 aliphatic heterocycles. The number of nitrogens with zero attached hydrogens (tertiary/aromatic N) is 3. The van der Waals surface area contributed by atoms with Gasteiger partial charge in [-0.15, -0.1) is 0 Å². The molecule has 1 amide bonds. The molecule has 0 spiro atoms. The molecule has 0 unspecified atom stereocenters. The molecule has 24 heavy (non-hydrogen) atoms. The molecule has 1 aliphatic carbocycles. The molecule has 0 fully saturated rings. The number of nitrogen functional groups attached to an aromatic ring is 1. The summed E-state index contributed by atoms with van der Waals surface area (Å²) in [5.74, 6) is 0.146. The number of halogens is 1. The highest BCUT2D eigenvalue weighted by Crippen LogP contribution is 2.28. The molecule has 4 rings (SSSR count). The topological polar surface area (TPSA) is 72.1 Å². The molecule has 6 heteroatoms. The van der Waals surface area contributed by atoms with E-state index in [1.165, 1.54) is 0 Å². The number of hydrogen-bond donors (Lipinski definition) is 1. The summed E-state index contributed by atoms with van der Waals surface area (Å²) in [4.78, 5) is 23.5. The second-order valence-corrected chi connectivity index (χ2v) is 6.82. The van der Waals surface area contributed by atoms with Gasteiger partial charge in [0.25, 0.3) is 5.91 Å². The molecular formula is C18H19ClN4O. The fraction of sp³-hybridized carbons (Fsp3) is 0.389. The average Bonchev–Trinajstić information content (AvgIpc) is 2.60. The Hall–Kier alpha value is -2.14. The lowest BCUT2D eigenvalue weighted by Gasteiger charge is -2.30. The number of aromatic nitrogens is 2. The number of anilines is 1. The van der Waals surface area contributed by atoms with Crippen LogP contribution in [0.3, 0.4) is 0 Å². The molecule has 2 aromatic rings. The highest BCUT2D eigenvalue weighted by Gasteiger charge is 2.28. The highest BCUT2D eigenvalue weighted by molar-refractivity contribution is 6.31. The zero-order chi connectivity index (χ0) is 16.7. The normalized spacial score (nSPS) is 16.5. The van der Waals surface area contributed by atoms with E-state index in [9.17, 15) is 4.79 Å². The van der Waals surface area contributed by atoms with Crippen LogP contribution in [-0.4, -0.2) is 27.3 Å². The number of rotatable bonds is 1. The van der Waals surface area contributed by atoms with Crippen LogP contribution < -0.4 is 5.73 Å². The number of amides is 1. The van der Waals surface area contributed by atoms with Crippen molar-refractivity contribution in [3.05, 3.63) is 51.3 Å². The summed E-state index contributed by atoms with van der Waals surface area (Å²) in [7, 11) is 0. The number of fused-ring (bicyclic) bond motifs is 2. The largest absolute Gasteiger partial charge is 0.368 e. The van der Waals surface area contributed by atoms with E-state index in [-0.39, 0.29) is 11.9 Å². The van der Waals surface area contributed by atoms with E-state index < -0.39 is 0 Å². The Bertz CT molecular complexity index is 821. The van der Waals surface area contributed by atoms with Gasteiger partial charge in [-0.3, -0.25) is 4.79 Å². The smallest absolute Gasteiger partial charge is 0.273 e. The molecular weight excluding hydrogens is 324 g/mol. The second kappa shape index (κ2) is 6.06. The summed E-state index contributed by atoms with van der Waals surface area (Å²) in [6.45, 7) is 1.21. The maximum absolute atomic E-state index is 13.1. The van der Waals surface area contributed by atoms with E-state index in [4.69, 9.17) is 17.3 Å². The molecule has 2 aliphatic rings. The van der Waals surface area contributed by atoms with E-state index >= 15 is 0 Å². The molecule has 1 aromatic heterocycles. The van der Waals surface area contributed by atoms with Gasteiger partial charge in [-0.1, -0.05) is 23.7 Å². The number of nitrogens with two attached hydrogens (primary N) is 1. The number of aryl methyl sites for hydroxylation is 1. The van der Waals surface area contributed by atoms with E-state index in [0.717, 1.165) is 59.5 Å². The fourth-order valence-corrected chi connectivity index (χ4v) is 3.96. The summed E-state index contributed by atoms with van der Waals surface area (Å²) in [5, 5.41) is 0.781. The first-order valence-electron chi connectivity index (χ1n) is 8.34. The van der Waals surface area contributed by atoms with Gasteiger partial charge in [0.05, 0.1) is 0 Å². The highest BCUT2D eigenvalue weighted by atomic mass is 35.5. The van der Waals surface area contributed by atoms with Gasteiger partial charge in [-0.2, -0.15) is 0 Å². The third-order valence-electron chi connectivity index (χ3n) is 4.90. The Morgan fingerprint density at radius 2 is 1.96 bits per heavy atom. The first kappa shape index (κ1) is 15.4. The molecule has 0 saturated carbocycles. The van der Waals surface area contributed by atoms with E-state index in [1.807, 2.05) is 23.1 Å². The Labute approximate surface area is 145 Å². The van der Waals surface area contributed by atoms with Crippen molar-refractivity contribution in [1.29, 1.82) is 0 Å². The Kier molecular flexibility index (Phi) is 3.88. The van der Waals surface area contributed by atoms with Crippen LogP contribution in [0.1, 0.15) is 45.7 Å². The molecule has 0 atom stereocenters. The second-order valence-electron chi connectivity index (χ2n) is 6.42. The third kappa shape index (κ3) is 2.63. The van der Waals surface area contributed by atoms with Gasteiger partial charge in [-0.05, 0) is 49.3 Å². The first-order valence-corrected chi connectivity index (χ1v) is 8.72. The Balaban J connectivity index is 1.67. The van der Waals surface area contributed by atoms with Gasteiger partial charge in [0.2, 0.25) is 5.95 Å². The summed E-state index contributed by atoms with van der Waals surface area (Å²) in [6.07, 6.45) is 4.66. The standard InChI is InChI=1S/C18H19ClN4O/c19-14-6-3-4-11-10-23(9-8-12(11)14)17(24)16-13-5-1-2-7-15(13)21-18(20)22-16/h3-4,6H,1-2,5,7-10H2,(H2,20,21,22). The SMILES string of the molecule is Nc1nc2c(c(C(=O)N3CCc4c(Cl)cccc4C3)n1)CCCC2. The van der Waals surface area contributed by atoms with E-state index in [2.05, 4.69) is 9.97 Å². The number of hydrogen-bond acceptors (Lipinski definition) is 4. The van der Waals surface area contributed by atoms with Crippen molar-refractivity contribution in [2.24, 2.45) is 0 Å². The molecule has 5 nitrogen and oxygen atoms in total. The average molecular weight is 343 g/mol. The monoisotopic (exact) mass is 342 g/mol. The lowest BCUT2D eigenvalue weighted by molar-refractivity contribution is 0.0727. The van der Waals surface area contributed by atoms with Crippen LogP contribution in [0.4, 0.5) is 5.95 Å². The predicted octanol–water partition coefficient (Wildman–Crippen LogP) is 2.79. The lowest BCUT2D eigenvalue weighted by atomic mass is 9.93. The summed E-state index contributed by atoms with van der Waals surface area (Å²) in [6, 6.07) is 5.86. The third-order valence-corrected chi connectivity index (χ3v) is 5.25. The van der Waals surface area contributed by atoms with Crippen molar-refractivity contribution in [2.75, 3.05) is 12.3 Å². The van der Waals surface area contributed by atoms with Gasteiger partial charge >= 0.3 is 0 Å². The van der Waals surface area contributed by atoms with Gasteiger partial charge in [0, 0.05) is 29.4 Å². The van der Waals surface area contributed by atoms with E-state index in [1.54, 1.807) is 0 Å². The predicted molar refractivity (Wildman–Crippen MR) is 93.0 cm³/mol. The van der Waals surface area contributed by atoms with Crippen molar-refractivity contribution in [3.8, 4) is 0 Å². The van der Waals surface area contributed by atoms with Crippen LogP contribution in [0.15, 0.2) is 18.2 Å². The molecule has 2 heterocycles. The maximum Gasteiger partial charge on any atom is 0.273 e. The minimum Gasteiger partial charge on any atom is -0.368 e. The van der Waals surface area contributed by atoms with Crippen molar-refractivity contribution in [3.63, 3.8) is 0 Å². The minimum absolute atomic E-state index is 0.0483. The van der Waals surface area contributed by atoms with Crippen molar-refractivity contribution >= 4 is 23.5 Å². The lowest BCUT2D eigenvalue weighted by Crippen LogP contribution is -2.37. The maximum atomic E-state index is 13.1. The van der Waals surface area contributed by atoms with Gasteiger partial charge in [-0.25, -0.2) is 9.97 Å². The van der Waals surface area contributed by atoms with Crippen LogP contribution in [0.25, 0.3) is 0 Å². The van der Waals surface area contributed by atoms with Crippen molar-refractivity contribution in [2.45, 2.75) is 38.6 Å². The number of carbonyl (C=O) groups is 1. The summed E-state index contributed by atoms with van der Waals surface area (Å²) >= 11 is 6.26. The van der Waals surface area contributed by atoms with Crippen molar-refractivity contribution < 1.29 is 4.79 Å². The van der Waals surface area contributed by atoms with Crippen LogP contribution in [-0.2, 0) is 25.8 Å². The molecule has 1 aromatic carbocycles. The Morgan fingerprint density at radius 3 is 2.83 bits per heavy atom. The fourth-order valence-electron chi connectivity index (χ4n) is 3.68. The first-order chi connectivity index (χ1) is 11.6. The van der Waals surface area contributed by atoms with Crippen molar-refractivity contribution in [1.82, 2.24) is 14.9 Å². The van der Waals surface area contributed by atoms with Crippen LogP contribution >= 0.6 is 11.6 Å². The summed E-state index contributed by atoms with van der Waals surface area (Å²) < 4.78 is 0. The molecule has 0 saturated heterocycles.